The van der Waals surface area contributed by atoms with Crippen LogP contribution in [0.4, 0.5) is 5.82 Å². The third-order valence-electron chi connectivity index (χ3n) is 4.21. The Balaban J connectivity index is 1.56. The van der Waals surface area contributed by atoms with Crippen molar-refractivity contribution in [1.29, 1.82) is 0 Å². The molecule has 0 saturated heterocycles. The van der Waals surface area contributed by atoms with Gasteiger partial charge in [0.25, 0.3) is 0 Å². The number of nitrogens with zero attached hydrogens (tertiary/aromatic N) is 2. The van der Waals surface area contributed by atoms with E-state index >= 15 is 0 Å². The van der Waals surface area contributed by atoms with Gasteiger partial charge in [-0.25, -0.2) is 9.97 Å². The Morgan fingerprint density at radius 1 is 0.846 bits per heavy atom. The summed E-state index contributed by atoms with van der Waals surface area (Å²) >= 11 is 0. The lowest BCUT2D eigenvalue weighted by Crippen LogP contribution is -2.04. The molecule has 4 aromatic rings. The van der Waals surface area contributed by atoms with Crippen LogP contribution in [0.15, 0.2) is 79.1 Å². The van der Waals surface area contributed by atoms with Crippen molar-refractivity contribution in [2.45, 2.75) is 13.5 Å². The van der Waals surface area contributed by atoms with E-state index in [-0.39, 0.29) is 0 Å². The number of benzene rings is 3. The standard InChI is InChI=1S/C22H19N3O/c1-16-10-12-18(13-11-16)26-21-9-5-2-6-17(21)14-23-22-19-7-3-4-8-20(19)24-15-25-22/h2-13,15H,14H2,1H3,(H,23,24,25). The summed E-state index contributed by atoms with van der Waals surface area (Å²) in [6.45, 7) is 2.68. The lowest BCUT2D eigenvalue weighted by Gasteiger charge is -2.13. The molecule has 0 atom stereocenters. The topological polar surface area (TPSA) is 47.0 Å². The van der Waals surface area contributed by atoms with Gasteiger partial charge in [-0.1, -0.05) is 48.0 Å². The zero-order chi connectivity index (χ0) is 17.8. The quantitative estimate of drug-likeness (QED) is 0.532. The Hall–Kier alpha value is -3.40. The molecule has 4 rings (SSSR count). The van der Waals surface area contributed by atoms with Gasteiger partial charge in [0, 0.05) is 17.5 Å². The molecule has 4 nitrogen and oxygen atoms in total. The zero-order valence-electron chi connectivity index (χ0n) is 14.5. The van der Waals surface area contributed by atoms with Crippen molar-refractivity contribution < 1.29 is 4.74 Å². The fourth-order valence-corrected chi connectivity index (χ4v) is 2.81. The van der Waals surface area contributed by atoms with E-state index in [0.29, 0.717) is 6.54 Å². The van der Waals surface area contributed by atoms with Gasteiger partial charge < -0.3 is 10.1 Å². The number of nitrogens with one attached hydrogen (secondary N) is 1. The molecule has 0 unspecified atom stereocenters. The van der Waals surface area contributed by atoms with Crippen LogP contribution in [0, 0.1) is 6.92 Å². The van der Waals surface area contributed by atoms with Crippen LogP contribution in [-0.2, 0) is 6.54 Å². The molecule has 0 aliphatic carbocycles. The molecule has 0 saturated carbocycles. The predicted molar refractivity (Wildman–Crippen MR) is 105 cm³/mol. The van der Waals surface area contributed by atoms with Crippen molar-refractivity contribution >= 4 is 16.7 Å². The minimum absolute atomic E-state index is 0.614. The summed E-state index contributed by atoms with van der Waals surface area (Å²) in [4.78, 5) is 8.68. The molecule has 0 aliphatic heterocycles. The van der Waals surface area contributed by atoms with Gasteiger partial charge in [-0.3, -0.25) is 0 Å². The van der Waals surface area contributed by atoms with Gasteiger partial charge >= 0.3 is 0 Å². The van der Waals surface area contributed by atoms with E-state index in [4.69, 9.17) is 4.74 Å². The third-order valence-corrected chi connectivity index (χ3v) is 4.21. The summed E-state index contributed by atoms with van der Waals surface area (Å²) in [5.41, 5.74) is 3.20. The first kappa shape index (κ1) is 16.1. The van der Waals surface area contributed by atoms with Crippen LogP contribution in [0.5, 0.6) is 11.5 Å². The number of ether oxygens (including phenoxy) is 1. The van der Waals surface area contributed by atoms with Crippen molar-refractivity contribution in [2.75, 3.05) is 5.32 Å². The number of fused-ring (bicyclic) bond motifs is 1. The first-order valence-corrected chi connectivity index (χ1v) is 8.56. The van der Waals surface area contributed by atoms with Gasteiger partial charge in [0.1, 0.15) is 23.6 Å². The summed E-state index contributed by atoms with van der Waals surface area (Å²) in [6.07, 6.45) is 1.58. The van der Waals surface area contributed by atoms with Crippen molar-refractivity contribution in [3.63, 3.8) is 0 Å². The average Bonchev–Trinajstić information content (AvgIpc) is 2.69. The monoisotopic (exact) mass is 341 g/mol. The smallest absolute Gasteiger partial charge is 0.137 e. The molecule has 0 radical (unpaired) electrons. The van der Waals surface area contributed by atoms with Crippen LogP contribution in [0.25, 0.3) is 10.9 Å². The molecular weight excluding hydrogens is 322 g/mol. The summed E-state index contributed by atoms with van der Waals surface area (Å²) in [7, 11) is 0. The number of hydrogen-bond acceptors (Lipinski definition) is 4. The number of anilines is 1. The van der Waals surface area contributed by atoms with Gasteiger partial charge in [0.2, 0.25) is 0 Å². The molecule has 3 aromatic carbocycles. The highest BCUT2D eigenvalue weighted by Gasteiger charge is 2.07. The van der Waals surface area contributed by atoms with E-state index in [1.807, 2.05) is 66.7 Å². The average molecular weight is 341 g/mol. The van der Waals surface area contributed by atoms with E-state index in [9.17, 15) is 0 Å². The predicted octanol–water partition coefficient (Wildman–Crippen LogP) is 5.34. The summed E-state index contributed by atoms with van der Waals surface area (Å²) < 4.78 is 6.07. The summed E-state index contributed by atoms with van der Waals surface area (Å²) in [5.74, 6) is 2.48. The maximum absolute atomic E-state index is 6.07. The highest BCUT2D eigenvalue weighted by molar-refractivity contribution is 5.88. The summed E-state index contributed by atoms with van der Waals surface area (Å²) in [6, 6.07) is 24.1. The van der Waals surface area contributed by atoms with E-state index < -0.39 is 0 Å². The van der Waals surface area contributed by atoms with E-state index in [2.05, 4.69) is 28.3 Å². The molecule has 1 heterocycles. The minimum Gasteiger partial charge on any atom is -0.457 e. The highest BCUT2D eigenvalue weighted by Crippen LogP contribution is 2.27. The lowest BCUT2D eigenvalue weighted by molar-refractivity contribution is 0.477. The Morgan fingerprint density at radius 3 is 2.50 bits per heavy atom. The molecule has 0 aliphatic rings. The fraction of sp³-hybridized carbons (Fsp3) is 0.0909. The molecule has 0 fully saturated rings. The Morgan fingerprint density at radius 2 is 1.62 bits per heavy atom. The van der Waals surface area contributed by atoms with Crippen LogP contribution in [0.2, 0.25) is 0 Å². The number of para-hydroxylation sites is 2. The molecule has 0 spiro atoms. The Kier molecular flexibility index (Phi) is 4.48. The van der Waals surface area contributed by atoms with E-state index in [1.54, 1.807) is 6.33 Å². The lowest BCUT2D eigenvalue weighted by atomic mass is 10.2. The maximum atomic E-state index is 6.07. The van der Waals surface area contributed by atoms with Gasteiger partial charge in [0.15, 0.2) is 0 Å². The maximum Gasteiger partial charge on any atom is 0.137 e. The highest BCUT2D eigenvalue weighted by atomic mass is 16.5. The SMILES string of the molecule is Cc1ccc(Oc2ccccc2CNc2ncnc3ccccc23)cc1. The largest absolute Gasteiger partial charge is 0.457 e. The first-order chi connectivity index (χ1) is 12.8. The number of aryl methyl sites for hydroxylation is 1. The van der Waals surface area contributed by atoms with E-state index in [1.165, 1.54) is 5.56 Å². The Labute approximate surface area is 152 Å². The molecule has 1 N–H and O–H groups in total. The second-order valence-electron chi connectivity index (χ2n) is 6.12. The van der Waals surface area contributed by atoms with Crippen LogP contribution in [0.3, 0.4) is 0 Å². The Bertz CT molecular complexity index is 1020. The van der Waals surface area contributed by atoms with Crippen molar-refractivity contribution in [3.8, 4) is 11.5 Å². The molecule has 1 aromatic heterocycles. The van der Waals surface area contributed by atoms with Crippen LogP contribution in [-0.4, -0.2) is 9.97 Å². The number of hydrogen-bond donors (Lipinski definition) is 1. The molecule has 4 heteroatoms. The second kappa shape index (κ2) is 7.23. The first-order valence-electron chi connectivity index (χ1n) is 8.56. The van der Waals surface area contributed by atoms with Crippen molar-refractivity contribution in [3.05, 3.63) is 90.3 Å². The van der Waals surface area contributed by atoms with Gasteiger partial charge in [-0.05, 0) is 37.3 Å². The normalized spacial score (nSPS) is 10.7. The number of aromatic nitrogens is 2. The second-order valence-corrected chi connectivity index (χ2v) is 6.12. The number of rotatable bonds is 5. The zero-order valence-corrected chi connectivity index (χ0v) is 14.5. The van der Waals surface area contributed by atoms with Crippen molar-refractivity contribution in [2.24, 2.45) is 0 Å². The minimum atomic E-state index is 0.614. The van der Waals surface area contributed by atoms with Gasteiger partial charge in [-0.2, -0.15) is 0 Å². The molecular formula is C22H19N3O. The van der Waals surface area contributed by atoms with Crippen LogP contribution >= 0.6 is 0 Å². The fourth-order valence-electron chi connectivity index (χ4n) is 2.81. The van der Waals surface area contributed by atoms with Crippen LogP contribution < -0.4 is 10.1 Å². The molecule has 128 valence electrons. The summed E-state index contributed by atoms with van der Waals surface area (Å²) in [5, 5.41) is 4.41. The molecule has 26 heavy (non-hydrogen) atoms. The van der Waals surface area contributed by atoms with Crippen LogP contribution in [0.1, 0.15) is 11.1 Å². The molecule has 0 amide bonds. The molecule has 0 bridgehead atoms. The van der Waals surface area contributed by atoms with Crippen molar-refractivity contribution in [1.82, 2.24) is 9.97 Å². The van der Waals surface area contributed by atoms with Gasteiger partial charge in [0.05, 0.1) is 5.52 Å². The third kappa shape index (κ3) is 3.49. The van der Waals surface area contributed by atoms with Gasteiger partial charge in [-0.15, -0.1) is 0 Å². The van der Waals surface area contributed by atoms with E-state index in [0.717, 1.165) is 33.8 Å².